The zero-order valence-corrected chi connectivity index (χ0v) is 36.0. The van der Waals surface area contributed by atoms with E-state index in [-0.39, 0.29) is 67.0 Å². The Hall–Kier alpha value is -5.94. The molecule has 340 valence electrons. The number of unbranched alkanes of at least 4 members (excludes halogenated alkanes) is 2. The number of fused-ring (bicyclic) bond motifs is 2. The van der Waals surface area contributed by atoms with Gasteiger partial charge in [-0.25, -0.2) is 0 Å². The van der Waals surface area contributed by atoms with Gasteiger partial charge in [0.15, 0.2) is 0 Å². The van der Waals surface area contributed by atoms with Crippen LogP contribution in [0.25, 0.3) is 6.08 Å². The van der Waals surface area contributed by atoms with E-state index >= 15 is 0 Å². The molecule has 1 saturated carbocycles. The molecule has 3 aromatic carbocycles. The summed E-state index contributed by atoms with van der Waals surface area (Å²) in [7, 11) is 1.69. The van der Waals surface area contributed by atoms with E-state index in [2.05, 4.69) is 12.7 Å². The Morgan fingerprint density at radius 1 is 0.969 bits per heavy atom. The van der Waals surface area contributed by atoms with E-state index < -0.39 is 33.9 Å². The fourth-order valence-corrected chi connectivity index (χ4v) is 9.65. The number of nitro groups is 2. The van der Waals surface area contributed by atoms with Crippen molar-refractivity contribution in [2.45, 2.75) is 88.2 Å². The maximum Gasteiger partial charge on any atom is 0.273 e. The number of rotatable bonds is 20. The summed E-state index contributed by atoms with van der Waals surface area (Å²) in [6.45, 7) is 4.69. The van der Waals surface area contributed by atoms with E-state index in [0.29, 0.717) is 48.6 Å². The lowest BCUT2D eigenvalue weighted by molar-refractivity contribution is -0.385. The van der Waals surface area contributed by atoms with Crippen LogP contribution in [-0.2, 0) is 19.1 Å². The number of aliphatic hydroxyl groups is 2. The second-order valence-electron chi connectivity index (χ2n) is 16.7. The molecule has 0 aromatic heterocycles. The highest BCUT2D eigenvalue weighted by molar-refractivity contribution is 6.03. The molecule has 16 nitrogen and oxygen atoms in total. The van der Waals surface area contributed by atoms with Gasteiger partial charge < -0.3 is 38.9 Å². The summed E-state index contributed by atoms with van der Waals surface area (Å²) in [5.74, 6) is -1.62. The number of hydrogen-bond donors (Lipinski definition) is 2. The molecule has 2 fully saturated rings. The fraction of sp³-hybridized carbons (Fsp3) is 0.458. The number of aliphatic hydroxyl groups excluding tert-OH is 2. The number of nitrogens with zero attached hydrogens (tertiary/aromatic N) is 4. The third-order valence-corrected chi connectivity index (χ3v) is 12.7. The van der Waals surface area contributed by atoms with Crippen molar-refractivity contribution < 1.29 is 48.6 Å². The maximum absolute atomic E-state index is 14.4. The Morgan fingerprint density at radius 3 is 2.42 bits per heavy atom. The zero-order valence-electron chi connectivity index (χ0n) is 36.0. The Balaban J connectivity index is 1.39. The Labute approximate surface area is 372 Å². The molecule has 16 heteroatoms. The van der Waals surface area contributed by atoms with E-state index in [1.54, 1.807) is 60.5 Å². The van der Waals surface area contributed by atoms with Crippen LogP contribution in [0.15, 0.2) is 102 Å². The molecule has 7 atom stereocenters. The number of carbonyl (C=O) groups is 1. The Bertz CT molecular complexity index is 2240. The number of carbonyl (C=O) groups excluding carboxylic acids is 1. The maximum atomic E-state index is 14.4. The summed E-state index contributed by atoms with van der Waals surface area (Å²) >= 11 is 0. The van der Waals surface area contributed by atoms with E-state index in [1.807, 2.05) is 6.07 Å². The summed E-state index contributed by atoms with van der Waals surface area (Å²) in [5, 5.41) is 47.6. The molecule has 64 heavy (non-hydrogen) atoms. The summed E-state index contributed by atoms with van der Waals surface area (Å²) in [6.07, 6.45) is 13.2. The minimum absolute atomic E-state index is 0.0115. The summed E-state index contributed by atoms with van der Waals surface area (Å²) in [5.41, 5.74) is 2.71. The molecule has 2 aliphatic heterocycles. The number of hydrogen-bond acceptors (Lipinski definition) is 13. The van der Waals surface area contributed by atoms with Crippen LogP contribution in [0.4, 0.5) is 11.4 Å². The first-order valence-corrected chi connectivity index (χ1v) is 22.0. The molecule has 0 bridgehead atoms. The van der Waals surface area contributed by atoms with Gasteiger partial charge in [0, 0.05) is 68.9 Å². The lowest BCUT2D eigenvalue weighted by atomic mass is 9.55. The molecule has 0 spiro atoms. The van der Waals surface area contributed by atoms with Gasteiger partial charge in [-0.15, -0.1) is 6.58 Å². The molecule has 1 saturated heterocycles. The van der Waals surface area contributed by atoms with Crippen LogP contribution >= 0.6 is 0 Å². The summed E-state index contributed by atoms with van der Waals surface area (Å²) in [4.78, 5) is 44.1. The van der Waals surface area contributed by atoms with Crippen LogP contribution < -0.4 is 9.47 Å². The molecule has 1 unspecified atom stereocenters. The van der Waals surface area contributed by atoms with Crippen molar-refractivity contribution in [2.75, 3.05) is 33.5 Å². The molecule has 4 aliphatic rings. The minimum atomic E-state index is -1.50. The Morgan fingerprint density at radius 2 is 1.72 bits per heavy atom. The highest BCUT2D eigenvalue weighted by Crippen LogP contribution is 2.62. The first-order chi connectivity index (χ1) is 31.1. The van der Waals surface area contributed by atoms with E-state index in [4.69, 9.17) is 28.9 Å². The summed E-state index contributed by atoms with van der Waals surface area (Å²) < 4.78 is 26.4. The molecule has 1 amide bonds. The average molecular weight is 881 g/mol. The van der Waals surface area contributed by atoms with Crippen LogP contribution in [-0.4, -0.2) is 88.2 Å². The van der Waals surface area contributed by atoms with E-state index in [1.165, 1.54) is 30.3 Å². The predicted molar refractivity (Wildman–Crippen MR) is 238 cm³/mol. The highest BCUT2D eigenvalue weighted by Gasteiger charge is 2.65. The molecule has 2 aliphatic carbocycles. The normalized spacial score (nSPS) is 25.4. The molecule has 2 heterocycles. The van der Waals surface area contributed by atoms with Crippen molar-refractivity contribution in [3.63, 3.8) is 0 Å². The molecule has 0 radical (unpaired) electrons. The predicted octanol–water partition coefficient (Wildman–Crippen LogP) is 8.63. The van der Waals surface area contributed by atoms with Crippen molar-refractivity contribution >= 4 is 29.1 Å². The van der Waals surface area contributed by atoms with E-state index in [0.717, 1.165) is 49.7 Å². The zero-order chi connectivity index (χ0) is 45.2. The van der Waals surface area contributed by atoms with Crippen molar-refractivity contribution in [1.29, 1.82) is 0 Å². The first-order valence-electron chi connectivity index (χ1n) is 22.0. The fourth-order valence-electron chi connectivity index (χ4n) is 9.65. The molecular formula is C48H56N4O12. The van der Waals surface area contributed by atoms with Gasteiger partial charge in [0.2, 0.25) is 18.0 Å². The number of non-ortho nitro benzene ring substituents is 2. The van der Waals surface area contributed by atoms with E-state index in [9.17, 15) is 35.2 Å². The topological polar surface area (TPSA) is 206 Å². The van der Waals surface area contributed by atoms with Crippen LogP contribution in [0.2, 0.25) is 0 Å². The SMILES string of the molecule is C=CCO[C@@]12Oc3ccc(Oc4cccc([N+](=O)[O-])c4)cc3[C@H]3[C@H](CCCCO)[C@@H](CCCCO)C=C(C(=NOC4CCCCO4)C[C@@H]1N(C)C(=O)C=Cc1ccc([N+](=O)[O-])cc1)[C@H]32. The number of likely N-dealkylation sites (N-methyl/N-ethyl adjacent to an activating group) is 1. The van der Waals surface area contributed by atoms with Crippen molar-refractivity contribution in [3.05, 3.63) is 128 Å². The third-order valence-electron chi connectivity index (χ3n) is 12.7. The van der Waals surface area contributed by atoms with Crippen molar-refractivity contribution in [1.82, 2.24) is 4.90 Å². The van der Waals surface area contributed by atoms with Gasteiger partial charge in [0.1, 0.15) is 23.3 Å². The number of ether oxygens (including phenoxy) is 4. The van der Waals surface area contributed by atoms with Crippen molar-refractivity contribution in [3.8, 4) is 17.2 Å². The molecule has 7 rings (SSSR count). The van der Waals surface area contributed by atoms with Gasteiger partial charge in [-0.05, 0) is 104 Å². The highest BCUT2D eigenvalue weighted by atomic mass is 16.8. The van der Waals surface area contributed by atoms with Gasteiger partial charge in [0.25, 0.3) is 11.4 Å². The number of allylic oxidation sites excluding steroid dienone is 1. The summed E-state index contributed by atoms with van der Waals surface area (Å²) in [6, 6.07) is 16.6. The first kappa shape index (κ1) is 46.1. The lowest BCUT2D eigenvalue weighted by Crippen LogP contribution is -2.69. The molecule has 2 N–H and O–H groups in total. The number of nitro benzene ring substituents is 2. The van der Waals surface area contributed by atoms with Gasteiger partial charge in [0.05, 0.1) is 40.8 Å². The lowest BCUT2D eigenvalue weighted by Gasteiger charge is -2.59. The van der Waals surface area contributed by atoms with Gasteiger partial charge in [-0.3, -0.25) is 25.0 Å². The number of oxime groups is 1. The third kappa shape index (κ3) is 10.2. The standard InChI is InChI=1S/C48H56N4O12/c1-3-26-61-48-43(50(2)44(55)23-18-32-16-19-34(20-17-32)51(56)57)31-41(49-64-45-15-6-9-27-60-45)39-28-33(11-4-7-24-53)38(14-5-8-25-54)46(47(39)48)40-30-37(21-22-42(40)63-48)62-36-13-10-12-35(29-36)52(58)59/h3,10,12-13,16-23,28-30,33,38,43,45-47,53-54H,1,4-9,11,14-15,24-27,31H2,2H3/t33-,38+,43-,45?,46+,47+,48+/m0/s1. The van der Waals surface area contributed by atoms with Crippen LogP contribution in [0.1, 0.15) is 81.3 Å². The van der Waals surface area contributed by atoms with Crippen LogP contribution in [0.5, 0.6) is 17.2 Å². The monoisotopic (exact) mass is 880 g/mol. The van der Waals surface area contributed by atoms with Gasteiger partial charge in [-0.1, -0.05) is 36.2 Å². The quantitative estimate of drug-likeness (QED) is 0.0360. The second kappa shape index (κ2) is 21.2. The number of amides is 1. The largest absolute Gasteiger partial charge is 0.459 e. The minimum Gasteiger partial charge on any atom is -0.459 e. The van der Waals surface area contributed by atoms with Crippen LogP contribution in [0, 0.1) is 38.0 Å². The second-order valence-corrected chi connectivity index (χ2v) is 16.7. The van der Waals surface area contributed by atoms with Gasteiger partial charge in [-0.2, -0.15) is 0 Å². The molecular weight excluding hydrogens is 825 g/mol. The number of benzene rings is 3. The smallest absolute Gasteiger partial charge is 0.273 e. The Kier molecular flexibility index (Phi) is 15.2. The average Bonchev–Trinajstić information content (AvgIpc) is 3.30. The molecule has 3 aromatic rings. The van der Waals surface area contributed by atoms with Crippen LogP contribution in [0.3, 0.4) is 0 Å². The van der Waals surface area contributed by atoms with Gasteiger partial charge >= 0.3 is 0 Å². The van der Waals surface area contributed by atoms with Crippen molar-refractivity contribution in [2.24, 2.45) is 22.9 Å².